The van der Waals surface area contributed by atoms with E-state index in [1.54, 1.807) is 22.8 Å². The van der Waals surface area contributed by atoms with Crippen LogP contribution in [0.1, 0.15) is 5.56 Å². The number of rotatable bonds is 6. The molecule has 0 saturated carbocycles. The van der Waals surface area contributed by atoms with Crippen LogP contribution in [0.3, 0.4) is 0 Å². The minimum Gasteiger partial charge on any atom is -0.325 e. The van der Waals surface area contributed by atoms with Gasteiger partial charge in [0, 0.05) is 17.4 Å². The van der Waals surface area contributed by atoms with Crippen LogP contribution < -0.4 is 5.32 Å². The van der Waals surface area contributed by atoms with Crippen LogP contribution >= 0.6 is 11.8 Å². The van der Waals surface area contributed by atoms with Crippen molar-refractivity contribution in [1.82, 2.24) is 14.8 Å². The Morgan fingerprint density at radius 2 is 1.69 bits per heavy atom. The fourth-order valence-electron chi connectivity index (χ4n) is 3.01. The molecule has 162 valence electrons. The average Bonchev–Trinajstić information content (AvgIpc) is 3.19. The largest absolute Gasteiger partial charge is 0.325 e. The SMILES string of the molecule is Cc1ccc(-n2c(SCC(=O)Nc3ccc(F)c(F)c3)nnc2-c2ccccc2F)cc1. The second-order valence-electron chi connectivity index (χ2n) is 6.92. The molecule has 3 aromatic carbocycles. The van der Waals surface area contributed by atoms with E-state index in [2.05, 4.69) is 15.5 Å². The molecule has 0 bridgehead atoms. The standard InChI is InChI=1S/C23H17F3N4OS/c1-14-6-9-16(10-7-14)30-22(17-4-2-3-5-18(17)24)28-29-23(30)32-13-21(31)27-15-8-11-19(25)20(26)12-15/h2-12H,13H2,1H3,(H,27,31). The summed E-state index contributed by atoms with van der Waals surface area (Å²) in [6, 6.07) is 16.9. The van der Waals surface area contributed by atoms with Gasteiger partial charge < -0.3 is 5.32 Å². The summed E-state index contributed by atoms with van der Waals surface area (Å²) < 4.78 is 42.6. The summed E-state index contributed by atoms with van der Waals surface area (Å²) >= 11 is 1.09. The molecule has 32 heavy (non-hydrogen) atoms. The Labute approximate surface area is 186 Å². The highest BCUT2D eigenvalue weighted by molar-refractivity contribution is 7.99. The summed E-state index contributed by atoms with van der Waals surface area (Å²) in [4.78, 5) is 12.3. The number of hydrogen-bond donors (Lipinski definition) is 1. The molecule has 0 saturated heterocycles. The number of benzene rings is 3. The van der Waals surface area contributed by atoms with Crippen LogP contribution in [-0.4, -0.2) is 26.4 Å². The third-order valence-electron chi connectivity index (χ3n) is 4.58. The fourth-order valence-corrected chi connectivity index (χ4v) is 3.76. The minimum atomic E-state index is -1.05. The van der Waals surface area contributed by atoms with Crippen molar-refractivity contribution in [3.63, 3.8) is 0 Å². The van der Waals surface area contributed by atoms with Crippen LogP contribution in [0.15, 0.2) is 71.9 Å². The van der Waals surface area contributed by atoms with Gasteiger partial charge in [0.2, 0.25) is 5.91 Å². The number of nitrogens with zero attached hydrogens (tertiary/aromatic N) is 3. The molecular formula is C23H17F3N4OS. The van der Waals surface area contributed by atoms with Crippen molar-refractivity contribution in [3.8, 4) is 17.1 Å². The van der Waals surface area contributed by atoms with Gasteiger partial charge in [0.05, 0.1) is 11.3 Å². The molecule has 0 fully saturated rings. The van der Waals surface area contributed by atoms with Gasteiger partial charge in [0.25, 0.3) is 0 Å². The molecule has 1 amide bonds. The maximum absolute atomic E-state index is 14.5. The first-order valence-electron chi connectivity index (χ1n) is 9.57. The van der Waals surface area contributed by atoms with Gasteiger partial charge in [-0.15, -0.1) is 10.2 Å². The molecule has 4 aromatic rings. The van der Waals surface area contributed by atoms with E-state index in [4.69, 9.17) is 0 Å². The molecule has 5 nitrogen and oxygen atoms in total. The molecule has 0 aliphatic heterocycles. The number of carbonyl (C=O) groups excluding carboxylic acids is 1. The van der Waals surface area contributed by atoms with Crippen LogP contribution in [0.5, 0.6) is 0 Å². The quantitative estimate of drug-likeness (QED) is 0.397. The van der Waals surface area contributed by atoms with Crippen molar-refractivity contribution < 1.29 is 18.0 Å². The van der Waals surface area contributed by atoms with Crippen molar-refractivity contribution >= 4 is 23.4 Å². The molecule has 9 heteroatoms. The van der Waals surface area contributed by atoms with Crippen molar-refractivity contribution in [3.05, 3.63) is 89.7 Å². The maximum atomic E-state index is 14.5. The lowest BCUT2D eigenvalue weighted by Gasteiger charge is -2.11. The first kappa shape index (κ1) is 21.6. The van der Waals surface area contributed by atoms with Gasteiger partial charge in [-0.2, -0.15) is 0 Å². The van der Waals surface area contributed by atoms with E-state index in [-0.39, 0.29) is 17.0 Å². The van der Waals surface area contributed by atoms with Crippen LogP contribution in [0.2, 0.25) is 0 Å². The number of aromatic nitrogens is 3. The summed E-state index contributed by atoms with van der Waals surface area (Å²) in [7, 11) is 0. The first-order valence-corrected chi connectivity index (χ1v) is 10.6. The summed E-state index contributed by atoms with van der Waals surface area (Å²) in [5.74, 6) is -2.70. The van der Waals surface area contributed by atoms with Crippen LogP contribution in [0.25, 0.3) is 17.1 Å². The van der Waals surface area contributed by atoms with Crippen molar-refractivity contribution in [2.75, 3.05) is 11.1 Å². The zero-order valence-corrected chi connectivity index (χ0v) is 17.7. The van der Waals surface area contributed by atoms with Crippen molar-refractivity contribution in [2.45, 2.75) is 12.1 Å². The Morgan fingerprint density at radius 3 is 2.41 bits per heavy atom. The monoisotopic (exact) mass is 454 g/mol. The third-order valence-corrected chi connectivity index (χ3v) is 5.50. The molecule has 1 aromatic heterocycles. The Bertz CT molecular complexity index is 1270. The molecule has 0 spiro atoms. The zero-order valence-electron chi connectivity index (χ0n) is 16.8. The molecule has 0 aliphatic rings. The Hall–Kier alpha value is -3.59. The van der Waals surface area contributed by atoms with Gasteiger partial charge in [0.1, 0.15) is 5.82 Å². The second-order valence-corrected chi connectivity index (χ2v) is 7.87. The lowest BCUT2D eigenvalue weighted by atomic mass is 10.2. The number of amides is 1. The van der Waals surface area contributed by atoms with Gasteiger partial charge in [-0.3, -0.25) is 9.36 Å². The van der Waals surface area contributed by atoms with Gasteiger partial charge in [-0.25, -0.2) is 13.2 Å². The number of carbonyl (C=O) groups is 1. The number of halogens is 3. The van der Waals surface area contributed by atoms with Crippen molar-refractivity contribution in [1.29, 1.82) is 0 Å². The Morgan fingerprint density at radius 1 is 0.938 bits per heavy atom. The Balaban J connectivity index is 1.61. The predicted molar refractivity (Wildman–Crippen MR) is 117 cm³/mol. The first-order chi connectivity index (χ1) is 15.4. The smallest absolute Gasteiger partial charge is 0.234 e. The van der Waals surface area contributed by atoms with Crippen LogP contribution in [-0.2, 0) is 4.79 Å². The van der Waals surface area contributed by atoms with E-state index in [0.717, 1.165) is 29.5 Å². The van der Waals surface area contributed by atoms with E-state index in [1.807, 2.05) is 31.2 Å². The number of nitrogens with one attached hydrogen (secondary N) is 1. The highest BCUT2D eigenvalue weighted by Gasteiger charge is 2.19. The molecule has 0 atom stereocenters. The average molecular weight is 454 g/mol. The third kappa shape index (κ3) is 4.67. The fraction of sp³-hybridized carbons (Fsp3) is 0.0870. The molecule has 0 radical (unpaired) electrons. The van der Waals surface area contributed by atoms with E-state index in [1.165, 1.54) is 12.1 Å². The molecule has 1 N–H and O–H groups in total. The maximum Gasteiger partial charge on any atom is 0.234 e. The zero-order chi connectivity index (χ0) is 22.7. The normalized spacial score (nSPS) is 10.9. The van der Waals surface area contributed by atoms with Gasteiger partial charge in [-0.05, 0) is 43.3 Å². The topological polar surface area (TPSA) is 59.8 Å². The van der Waals surface area contributed by atoms with Crippen LogP contribution in [0.4, 0.5) is 18.9 Å². The number of thioether (sulfide) groups is 1. The van der Waals surface area contributed by atoms with Gasteiger partial charge in [0.15, 0.2) is 22.6 Å². The van der Waals surface area contributed by atoms with Gasteiger partial charge in [-0.1, -0.05) is 41.6 Å². The second kappa shape index (κ2) is 9.27. The lowest BCUT2D eigenvalue weighted by molar-refractivity contribution is -0.113. The van der Waals surface area contributed by atoms with Crippen LogP contribution in [0, 0.1) is 24.4 Å². The highest BCUT2D eigenvalue weighted by Crippen LogP contribution is 2.29. The molecule has 1 heterocycles. The predicted octanol–water partition coefficient (Wildman–Crippen LogP) is 5.39. The minimum absolute atomic E-state index is 0.0692. The number of aryl methyl sites for hydroxylation is 1. The van der Waals surface area contributed by atoms with E-state index < -0.39 is 23.4 Å². The molecule has 0 aliphatic carbocycles. The number of hydrogen-bond acceptors (Lipinski definition) is 4. The molecular weight excluding hydrogens is 437 g/mol. The summed E-state index contributed by atoms with van der Waals surface area (Å²) in [5.41, 5.74) is 2.18. The summed E-state index contributed by atoms with van der Waals surface area (Å²) in [6.07, 6.45) is 0. The van der Waals surface area contributed by atoms with E-state index in [9.17, 15) is 18.0 Å². The van der Waals surface area contributed by atoms with E-state index >= 15 is 0 Å². The van der Waals surface area contributed by atoms with Gasteiger partial charge >= 0.3 is 0 Å². The van der Waals surface area contributed by atoms with E-state index in [0.29, 0.717) is 16.7 Å². The molecule has 0 unspecified atom stereocenters. The Kier molecular flexibility index (Phi) is 6.27. The lowest BCUT2D eigenvalue weighted by Crippen LogP contribution is -2.15. The van der Waals surface area contributed by atoms with Crippen molar-refractivity contribution in [2.24, 2.45) is 0 Å². The number of anilines is 1. The summed E-state index contributed by atoms with van der Waals surface area (Å²) in [5, 5.41) is 11.2. The molecule has 4 rings (SSSR count). The highest BCUT2D eigenvalue weighted by atomic mass is 32.2. The summed E-state index contributed by atoms with van der Waals surface area (Å²) in [6.45, 7) is 1.95.